The number of fused-ring (bicyclic) bond motifs is 1. The van der Waals surface area contributed by atoms with E-state index in [9.17, 15) is 9.90 Å². The molecule has 0 aliphatic carbocycles. The number of nitrogens with two attached hydrogens (primary N) is 1. The van der Waals surface area contributed by atoms with Gasteiger partial charge in [-0.05, 0) is 24.1 Å². The van der Waals surface area contributed by atoms with Gasteiger partial charge >= 0.3 is 5.97 Å². The van der Waals surface area contributed by atoms with Crippen molar-refractivity contribution in [1.82, 2.24) is 0 Å². The Bertz CT molecular complexity index is 811. The summed E-state index contributed by atoms with van der Waals surface area (Å²) in [6.45, 7) is 1.15. The first kappa shape index (κ1) is 20.1. The number of esters is 1. The Kier molecular flexibility index (Phi) is 6.84. The van der Waals surface area contributed by atoms with E-state index in [1.807, 2.05) is 0 Å². The van der Waals surface area contributed by atoms with Gasteiger partial charge in [0.25, 0.3) is 0 Å². The number of hydrogen-bond acceptors (Lipinski definition) is 7. The highest BCUT2D eigenvalue weighted by Crippen LogP contribution is 2.34. The molecule has 1 atom stereocenters. The van der Waals surface area contributed by atoms with Gasteiger partial charge in [-0.1, -0.05) is 12.1 Å². The molecule has 2 aromatic rings. The molecule has 3 rings (SSSR count). The molecule has 0 fully saturated rings. The van der Waals surface area contributed by atoms with Crippen LogP contribution in [0.1, 0.15) is 28.4 Å². The Balaban J connectivity index is 1.57. The Morgan fingerprint density at radius 2 is 1.86 bits per heavy atom. The molecule has 0 saturated heterocycles. The van der Waals surface area contributed by atoms with Gasteiger partial charge in [0.05, 0.1) is 17.9 Å². The molecule has 0 aromatic heterocycles. The molecule has 0 radical (unpaired) electrons. The molecule has 150 valence electrons. The molecule has 0 bridgehead atoms. The third-order valence-corrected chi connectivity index (χ3v) is 4.39. The quantitative estimate of drug-likeness (QED) is 0.300. The number of aliphatic hydroxyl groups excluding tert-OH is 1. The molecule has 1 aliphatic heterocycles. The van der Waals surface area contributed by atoms with Gasteiger partial charge in [-0.25, -0.2) is 4.79 Å². The maximum absolute atomic E-state index is 12.3. The van der Waals surface area contributed by atoms with Crippen LogP contribution in [-0.4, -0.2) is 43.4 Å². The number of benzene rings is 2. The molecule has 2 aromatic carbocycles. The van der Waals surface area contributed by atoms with Gasteiger partial charge in [0.15, 0.2) is 11.5 Å². The highest BCUT2D eigenvalue weighted by Gasteiger charge is 2.20. The summed E-state index contributed by atoms with van der Waals surface area (Å²) >= 11 is 5.61. The van der Waals surface area contributed by atoms with E-state index < -0.39 is 12.1 Å². The number of nitrogen functional groups attached to an aromatic ring is 1. The molecular weight excluding hydrogens is 386 g/mol. The number of ether oxygens (including phenoxy) is 4. The van der Waals surface area contributed by atoms with Crippen molar-refractivity contribution >= 4 is 23.3 Å². The number of rotatable bonds is 8. The summed E-state index contributed by atoms with van der Waals surface area (Å²) in [6.07, 6.45) is -0.218. The van der Waals surface area contributed by atoms with Crippen LogP contribution in [0.15, 0.2) is 36.4 Å². The fourth-order valence-electron chi connectivity index (χ4n) is 2.64. The number of hydrogen-bond donors (Lipinski definition) is 2. The Hall–Kier alpha value is -2.64. The molecule has 0 saturated carbocycles. The zero-order valence-corrected chi connectivity index (χ0v) is 16.0. The van der Waals surface area contributed by atoms with Gasteiger partial charge in [0.1, 0.15) is 31.7 Å². The second-order valence-corrected chi connectivity index (χ2v) is 6.54. The summed E-state index contributed by atoms with van der Waals surface area (Å²) in [5.41, 5.74) is 6.90. The minimum absolute atomic E-state index is 0.166. The number of halogens is 1. The van der Waals surface area contributed by atoms with E-state index in [-0.39, 0.29) is 17.9 Å². The normalized spacial score (nSPS) is 13.6. The molecule has 8 heteroatoms. The van der Waals surface area contributed by atoms with Crippen molar-refractivity contribution in [3.63, 3.8) is 0 Å². The van der Waals surface area contributed by atoms with Crippen molar-refractivity contribution in [3.8, 4) is 17.2 Å². The predicted molar refractivity (Wildman–Crippen MR) is 104 cm³/mol. The molecular formula is C20H22ClNO6. The third-order valence-electron chi connectivity index (χ3n) is 4.12. The van der Waals surface area contributed by atoms with Crippen molar-refractivity contribution in [2.75, 3.05) is 38.0 Å². The molecule has 0 spiro atoms. The van der Waals surface area contributed by atoms with Crippen molar-refractivity contribution in [2.24, 2.45) is 0 Å². The zero-order valence-electron chi connectivity index (χ0n) is 15.2. The number of carbonyl (C=O) groups is 1. The number of alkyl halides is 1. The standard InChI is InChI=1S/C20H22ClNO6/c21-6-1-7-25-14-4-2-13(3-5-14)17(23)12-28-20(24)15-10-18-19(11-16(15)22)27-9-8-26-18/h2-5,10-11,17,23H,1,6-9,12,22H2. The maximum atomic E-state index is 12.3. The molecule has 1 heterocycles. The first-order valence-corrected chi connectivity index (χ1v) is 9.45. The fourth-order valence-corrected chi connectivity index (χ4v) is 2.75. The average molecular weight is 408 g/mol. The van der Waals surface area contributed by atoms with Crippen LogP contribution in [0.5, 0.6) is 17.2 Å². The van der Waals surface area contributed by atoms with Crippen LogP contribution in [0.25, 0.3) is 0 Å². The summed E-state index contributed by atoms with van der Waals surface area (Å²) in [6, 6.07) is 9.94. The Morgan fingerprint density at radius 1 is 1.18 bits per heavy atom. The van der Waals surface area contributed by atoms with Crippen molar-refractivity contribution in [3.05, 3.63) is 47.5 Å². The largest absolute Gasteiger partial charge is 0.494 e. The first-order chi connectivity index (χ1) is 13.6. The van der Waals surface area contributed by atoms with E-state index in [4.69, 9.17) is 36.3 Å². The first-order valence-electron chi connectivity index (χ1n) is 8.91. The summed E-state index contributed by atoms with van der Waals surface area (Å²) in [4.78, 5) is 12.3. The number of aliphatic hydroxyl groups is 1. The zero-order chi connectivity index (χ0) is 19.9. The lowest BCUT2D eigenvalue weighted by Gasteiger charge is -2.20. The minimum atomic E-state index is -0.973. The van der Waals surface area contributed by atoms with E-state index in [1.54, 1.807) is 24.3 Å². The lowest BCUT2D eigenvalue weighted by atomic mass is 10.1. The van der Waals surface area contributed by atoms with Gasteiger partial charge in [0.2, 0.25) is 0 Å². The molecule has 3 N–H and O–H groups in total. The molecule has 1 aliphatic rings. The van der Waals surface area contributed by atoms with Crippen molar-refractivity contribution < 1.29 is 28.8 Å². The molecule has 1 unspecified atom stereocenters. The SMILES string of the molecule is Nc1cc2c(cc1C(=O)OCC(O)c1ccc(OCCCCl)cc1)OCCO2. The van der Waals surface area contributed by atoms with Gasteiger partial charge < -0.3 is 29.8 Å². The smallest absolute Gasteiger partial charge is 0.340 e. The average Bonchev–Trinajstić information content (AvgIpc) is 2.72. The Morgan fingerprint density at radius 3 is 2.54 bits per heavy atom. The molecule has 0 amide bonds. The fraction of sp³-hybridized carbons (Fsp3) is 0.350. The van der Waals surface area contributed by atoms with Crippen LogP contribution in [0.4, 0.5) is 5.69 Å². The van der Waals surface area contributed by atoms with Crippen LogP contribution in [0.2, 0.25) is 0 Å². The highest BCUT2D eigenvalue weighted by atomic mass is 35.5. The predicted octanol–water partition coefficient (Wildman–Crippen LogP) is 2.94. The van der Waals surface area contributed by atoms with E-state index >= 15 is 0 Å². The van der Waals surface area contributed by atoms with E-state index in [0.717, 1.165) is 6.42 Å². The van der Waals surface area contributed by atoms with Crippen LogP contribution in [-0.2, 0) is 4.74 Å². The molecule has 7 nitrogen and oxygen atoms in total. The highest BCUT2D eigenvalue weighted by molar-refractivity contribution is 6.17. The lowest BCUT2D eigenvalue weighted by molar-refractivity contribution is 0.0254. The van der Waals surface area contributed by atoms with Crippen LogP contribution in [0, 0.1) is 0 Å². The number of carbonyl (C=O) groups excluding carboxylic acids is 1. The monoisotopic (exact) mass is 407 g/mol. The van der Waals surface area contributed by atoms with Crippen LogP contribution >= 0.6 is 11.6 Å². The lowest BCUT2D eigenvalue weighted by Crippen LogP contribution is -2.18. The topological polar surface area (TPSA) is 100 Å². The van der Waals surface area contributed by atoms with E-state index in [2.05, 4.69) is 0 Å². The molecule has 28 heavy (non-hydrogen) atoms. The van der Waals surface area contributed by atoms with Gasteiger partial charge in [0, 0.05) is 18.0 Å². The number of anilines is 1. The second kappa shape index (κ2) is 9.52. The summed E-state index contributed by atoms with van der Waals surface area (Å²) < 4.78 is 21.6. The van der Waals surface area contributed by atoms with Crippen LogP contribution in [0.3, 0.4) is 0 Å². The van der Waals surface area contributed by atoms with E-state index in [1.165, 1.54) is 12.1 Å². The summed E-state index contributed by atoms with van der Waals surface area (Å²) in [5.74, 6) is 1.51. The summed E-state index contributed by atoms with van der Waals surface area (Å²) in [5, 5.41) is 10.3. The summed E-state index contributed by atoms with van der Waals surface area (Å²) in [7, 11) is 0. The van der Waals surface area contributed by atoms with E-state index in [0.29, 0.717) is 48.5 Å². The maximum Gasteiger partial charge on any atom is 0.340 e. The van der Waals surface area contributed by atoms with Gasteiger partial charge in [-0.2, -0.15) is 0 Å². The van der Waals surface area contributed by atoms with Crippen molar-refractivity contribution in [1.29, 1.82) is 0 Å². The van der Waals surface area contributed by atoms with Crippen LogP contribution < -0.4 is 19.9 Å². The Labute approximate surface area is 167 Å². The van der Waals surface area contributed by atoms with Gasteiger partial charge in [-0.3, -0.25) is 0 Å². The minimum Gasteiger partial charge on any atom is -0.494 e. The third kappa shape index (κ3) is 4.99. The van der Waals surface area contributed by atoms with Crippen molar-refractivity contribution in [2.45, 2.75) is 12.5 Å². The second-order valence-electron chi connectivity index (χ2n) is 6.16. The van der Waals surface area contributed by atoms with Gasteiger partial charge in [-0.15, -0.1) is 11.6 Å².